The van der Waals surface area contributed by atoms with Gasteiger partial charge in [0.25, 0.3) is 5.91 Å². The Kier molecular flexibility index (Phi) is 7.83. The van der Waals surface area contributed by atoms with Crippen LogP contribution in [0.3, 0.4) is 0 Å². The third-order valence-corrected chi connectivity index (χ3v) is 7.45. The third-order valence-electron chi connectivity index (χ3n) is 6.45. The largest absolute Gasteiger partial charge is 0.444 e. The molecule has 0 radical (unpaired) electrons. The molecule has 0 saturated carbocycles. The molecule has 198 valence electrons. The van der Waals surface area contributed by atoms with Crippen molar-refractivity contribution in [3.8, 4) is 0 Å². The molecule has 2 aliphatic rings. The number of piperidine rings is 1. The molecule has 4 rings (SSSR count). The number of amides is 2. The summed E-state index contributed by atoms with van der Waals surface area (Å²) >= 11 is 0.826. The van der Waals surface area contributed by atoms with Gasteiger partial charge in [-0.05, 0) is 18.9 Å². The number of likely N-dealkylation sites (tertiary alicyclic amines) is 1. The van der Waals surface area contributed by atoms with Gasteiger partial charge in [0, 0.05) is 44.6 Å². The average molecular weight is 536 g/mol. The van der Waals surface area contributed by atoms with Crippen molar-refractivity contribution in [2.75, 3.05) is 51.5 Å². The number of alkyl carbamates (subject to hydrolysis) is 1. The topological polar surface area (TPSA) is 86.8 Å². The molecule has 4 heterocycles. The molecule has 2 aromatic heterocycles. The lowest BCUT2D eigenvalue weighted by Crippen LogP contribution is -2.59. The molecule has 36 heavy (non-hydrogen) atoms. The fourth-order valence-electron chi connectivity index (χ4n) is 4.35. The number of hydrogen-bond acceptors (Lipinski definition) is 7. The number of pyridine rings is 1. The predicted octanol–water partition coefficient (Wildman–Crippen LogP) is 3.36. The van der Waals surface area contributed by atoms with Crippen molar-refractivity contribution in [3.05, 3.63) is 22.6 Å². The number of rotatable bonds is 7. The number of hydrogen-bond donors (Lipinski definition) is 2. The van der Waals surface area contributed by atoms with Crippen molar-refractivity contribution in [2.24, 2.45) is 0 Å². The van der Waals surface area contributed by atoms with Gasteiger partial charge in [-0.15, -0.1) is 11.3 Å². The van der Waals surface area contributed by atoms with E-state index in [-0.39, 0.29) is 40.7 Å². The van der Waals surface area contributed by atoms with Crippen LogP contribution >= 0.6 is 11.3 Å². The summed E-state index contributed by atoms with van der Waals surface area (Å²) in [4.78, 5) is 32.0. The van der Waals surface area contributed by atoms with Gasteiger partial charge in [-0.3, -0.25) is 9.69 Å². The molecule has 0 unspecified atom stereocenters. The zero-order valence-electron chi connectivity index (χ0n) is 19.4. The fraction of sp³-hybridized carbons (Fsp3) is 0.591. The Labute approximate surface area is 207 Å². The van der Waals surface area contributed by atoms with E-state index in [1.807, 2.05) is 0 Å². The van der Waals surface area contributed by atoms with Gasteiger partial charge in [0.2, 0.25) is 0 Å². The zero-order valence-corrected chi connectivity index (χ0v) is 20.2. The molecular weight excluding hydrogens is 509 g/mol. The number of aromatic nitrogens is 1. The number of nitrogens with zero attached hydrogens (tertiary/aromatic N) is 3. The monoisotopic (exact) mass is 535 g/mol. The van der Waals surface area contributed by atoms with Crippen molar-refractivity contribution >= 4 is 39.4 Å². The SMILES string of the molecule is CNC(=O)c1csc2c(C(F)(F)F)cc(N3CCC(NC(=O)OC4CN(C(CF)CF)C4)CC3)nc12. The highest BCUT2D eigenvalue weighted by atomic mass is 32.1. The van der Waals surface area contributed by atoms with Crippen LogP contribution in [0.4, 0.5) is 32.6 Å². The first-order valence-electron chi connectivity index (χ1n) is 11.4. The summed E-state index contributed by atoms with van der Waals surface area (Å²) in [6.45, 7) is -0.404. The fourth-order valence-corrected chi connectivity index (χ4v) is 5.37. The van der Waals surface area contributed by atoms with Crippen molar-refractivity contribution < 1.29 is 36.3 Å². The molecule has 2 saturated heterocycles. The number of alkyl halides is 5. The first kappa shape index (κ1) is 26.3. The van der Waals surface area contributed by atoms with E-state index in [1.54, 1.807) is 9.80 Å². The van der Waals surface area contributed by atoms with Crippen LogP contribution in [-0.2, 0) is 10.9 Å². The number of anilines is 1. The van der Waals surface area contributed by atoms with Gasteiger partial charge in [-0.25, -0.2) is 18.6 Å². The molecule has 0 atom stereocenters. The minimum Gasteiger partial charge on any atom is -0.444 e. The smallest absolute Gasteiger partial charge is 0.417 e. The Balaban J connectivity index is 1.37. The van der Waals surface area contributed by atoms with Crippen LogP contribution in [0.2, 0.25) is 0 Å². The number of carbonyl (C=O) groups excluding carboxylic acids is 2. The standard InChI is InChI=1S/C22H26F5N5O3S/c1-28-20(33)15-11-36-19-16(22(25,26)27)6-17(30-18(15)19)31-4-2-12(3-5-31)29-21(34)35-14-9-32(10-14)13(7-23)8-24/h6,11-14H,2-5,7-10H2,1H3,(H,28,33)(H,29,34). The highest BCUT2D eigenvalue weighted by Gasteiger charge is 2.37. The number of halogens is 5. The maximum atomic E-state index is 13.8. The van der Waals surface area contributed by atoms with Crippen LogP contribution in [0.15, 0.2) is 11.4 Å². The Morgan fingerprint density at radius 3 is 2.47 bits per heavy atom. The van der Waals surface area contributed by atoms with E-state index < -0.39 is 49.2 Å². The van der Waals surface area contributed by atoms with Crippen molar-refractivity contribution in [1.29, 1.82) is 0 Å². The van der Waals surface area contributed by atoms with E-state index in [2.05, 4.69) is 15.6 Å². The van der Waals surface area contributed by atoms with Gasteiger partial charge < -0.3 is 20.3 Å². The summed E-state index contributed by atoms with van der Waals surface area (Å²) in [6.07, 6.45) is -4.80. The first-order chi connectivity index (χ1) is 17.1. The van der Waals surface area contributed by atoms with Crippen LogP contribution in [0.25, 0.3) is 10.2 Å². The maximum Gasteiger partial charge on any atom is 0.417 e. The second kappa shape index (κ2) is 10.7. The second-order valence-electron chi connectivity index (χ2n) is 8.78. The average Bonchev–Trinajstić information content (AvgIpc) is 3.25. The van der Waals surface area contributed by atoms with E-state index in [4.69, 9.17) is 4.74 Å². The van der Waals surface area contributed by atoms with Crippen molar-refractivity contribution in [2.45, 2.75) is 37.2 Å². The summed E-state index contributed by atoms with van der Waals surface area (Å²) in [5, 5.41) is 6.54. The zero-order chi connectivity index (χ0) is 26.0. The minimum absolute atomic E-state index is 0.00491. The van der Waals surface area contributed by atoms with Gasteiger partial charge in [0.1, 0.15) is 25.3 Å². The molecule has 2 fully saturated rings. The lowest BCUT2D eigenvalue weighted by molar-refractivity contribution is -0.136. The normalized spacial score (nSPS) is 17.9. The molecular formula is C22H26F5N5O3S. The van der Waals surface area contributed by atoms with Gasteiger partial charge in [0.05, 0.1) is 27.4 Å². The molecule has 2 amide bonds. The molecule has 2 aliphatic heterocycles. The van der Waals surface area contributed by atoms with Gasteiger partial charge in [-0.1, -0.05) is 0 Å². The molecule has 0 bridgehead atoms. The minimum atomic E-state index is -4.62. The summed E-state index contributed by atoms with van der Waals surface area (Å²) in [5.41, 5.74) is -0.753. The van der Waals surface area contributed by atoms with Gasteiger partial charge in [-0.2, -0.15) is 13.2 Å². The Morgan fingerprint density at radius 1 is 1.22 bits per heavy atom. The molecule has 14 heteroatoms. The molecule has 8 nitrogen and oxygen atoms in total. The number of nitrogens with one attached hydrogen (secondary N) is 2. The highest BCUT2D eigenvalue weighted by Crippen LogP contribution is 2.40. The van der Waals surface area contributed by atoms with E-state index in [0.717, 1.165) is 17.4 Å². The molecule has 2 N–H and O–H groups in total. The lowest BCUT2D eigenvalue weighted by atomic mass is 10.0. The summed E-state index contributed by atoms with van der Waals surface area (Å²) in [5.74, 6) is -0.399. The van der Waals surface area contributed by atoms with Crippen LogP contribution < -0.4 is 15.5 Å². The Bertz CT molecular complexity index is 1100. The van der Waals surface area contributed by atoms with Gasteiger partial charge in [0.15, 0.2) is 0 Å². The Hall–Kier alpha value is -2.74. The van der Waals surface area contributed by atoms with Crippen LogP contribution in [0, 0.1) is 0 Å². The number of ether oxygens (including phenoxy) is 1. The lowest BCUT2D eigenvalue weighted by Gasteiger charge is -2.41. The van der Waals surface area contributed by atoms with Crippen molar-refractivity contribution in [3.63, 3.8) is 0 Å². The van der Waals surface area contributed by atoms with E-state index in [1.165, 1.54) is 12.4 Å². The first-order valence-corrected chi connectivity index (χ1v) is 12.3. The number of fused-ring (bicyclic) bond motifs is 1. The summed E-state index contributed by atoms with van der Waals surface area (Å²) in [7, 11) is 1.40. The highest BCUT2D eigenvalue weighted by molar-refractivity contribution is 7.17. The van der Waals surface area contributed by atoms with Crippen LogP contribution in [-0.4, -0.2) is 86.6 Å². The van der Waals surface area contributed by atoms with E-state index in [0.29, 0.717) is 25.9 Å². The van der Waals surface area contributed by atoms with Crippen LogP contribution in [0.5, 0.6) is 0 Å². The number of thiophene rings is 1. The number of carbonyl (C=O) groups is 2. The predicted molar refractivity (Wildman–Crippen MR) is 124 cm³/mol. The molecule has 0 aliphatic carbocycles. The van der Waals surface area contributed by atoms with Crippen molar-refractivity contribution in [1.82, 2.24) is 20.5 Å². The Morgan fingerprint density at radius 2 is 1.89 bits per heavy atom. The summed E-state index contributed by atoms with van der Waals surface area (Å²) in [6, 6.07) is -0.0638. The molecule has 0 aromatic carbocycles. The quantitative estimate of drug-likeness (QED) is 0.529. The second-order valence-corrected chi connectivity index (χ2v) is 9.66. The van der Waals surface area contributed by atoms with Gasteiger partial charge >= 0.3 is 12.3 Å². The third kappa shape index (κ3) is 5.48. The van der Waals surface area contributed by atoms with E-state index in [9.17, 15) is 31.5 Å². The molecule has 2 aromatic rings. The molecule has 0 spiro atoms. The van der Waals surface area contributed by atoms with Crippen LogP contribution in [0.1, 0.15) is 28.8 Å². The summed E-state index contributed by atoms with van der Waals surface area (Å²) < 4.78 is 71.9. The van der Waals surface area contributed by atoms with E-state index >= 15 is 0 Å². The maximum absolute atomic E-state index is 13.8.